The Labute approximate surface area is 133 Å². The molecule has 1 heterocycles. The first-order valence-corrected chi connectivity index (χ1v) is 7.50. The summed E-state index contributed by atoms with van der Waals surface area (Å²) in [5.41, 5.74) is 1.72. The Bertz CT molecular complexity index is 1020. The van der Waals surface area contributed by atoms with Gasteiger partial charge >= 0.3 is 0 Å². The van der Waals surface area contributed by atoms with Crippen LogP contribution in [0.15, 0.2) is 83.3 Å². The third-order valence-corrected chi connectivity index (χ3v) is 3.90. The van der Waals surface area contributed by atoms with Crippen molar-refractivity contribution in [2.75, 3.05) is 0 Å². The Morgan fingerprint density at radius 1 is 0.826 bits per heavy atom. The van der Waals surface area contributed by atoms with Crippen molar-refractivity contribution in [2.45, 2.75) is 0 Å². The minimum absolute atomic E-state index is 0.130. The van der Waals surface area contributed by atoms with Crippen LogP contribution in [0.2, 0.25) is 0 Å². The molecule has 0 radical (unpaired) electrons. The third kappa shape index (κ3) is 2.55. The van der Waals surface area contributed by atoms with Crippen LogP contribution in [0.25, 0.3) is 27.8 Å². The number of rotatable bonds is 3. The van der Waals surface area contributed by atoms with Crippen molar-refractivity contribution in [1.82, 2.24) is 0 Å². The highest BCUT2D eigenvalue weighted by Crippen LogP contribution is 2.28. The van der Waals surface area contributed by atoms with Crippen LogP contribution in [0.1, 0.15) is 16.1 Å². The van der Waals surface area contributed by atoms with Gasteiger partial charge < -0.3 is 4.42 Å². The predicted molar refractivity (Wildman–Crippen MR) is 93.5 cm³/mol. The maximum Gasteiger partial charge on any atom is 0.221 e. The van der Waals surface area contributed by atoms with E-state index in [0.717, 1.165) is 27.3 Å². The zero-order valence-electron chi connectivity index (χ0n) is 12.4. The molecule has 0 unspecified atom stereocenters. The molecule has 0 aliphatic carbocycles. The van der Waals surface area contributed by atoms with Crippen molar-refractivity contribution in [3.63, 3.8) is 0 Å². The predicted octanol–water partition coefficient (Wildman–Crippen LogP) is 5.48. The van der Waals surface area contributed by atoms with E-state index in [1.165, 1.54) is 0 Å². The van der Waals surface area contributed by atoms with Gasteiger partial charge in [0.15, 0.2) is 5.76 Å². The summed E-state index contributed by atoms with van der Waals surface area (Å²) in [6.45, 7) is 0. The van der Waals surface area contributed by atoms with Gasteiger partial charge in [-0.3, -0.25) is 4.79 Å². The number of hydrogen-bond acceptors (Lipinski definition) is 2. The van der Waals surface area contributed by atoms with E-state index in [9.17, 15) is 4.79 Å². The Morgan fingerprint density at radius 2 is 1.61 bits per heavy atom. The summed E-state index contributed by atoms with van der Waals surface area (Å²) in [5, 5.41) is 3.21. The number of fused-ring (bicyclic) bond motifs is 3. The molecule has 0 atom stereocenters. The van der Waals surface area contributed by atoms with Gasteiger partial charge in [0, 0.05) is 5.39 Å². The fourth-order valence-electron chi connectivity index (χ4n) is 2.73. The van der Waals surface area contributed by atoms with Gasteiger partial charge in [-0.05, 0) is 34.5 Å². The van der Waals surface area contributed by atoms with Gasteiger partial charge in [-0.15, -0.1) is 0 Å². The first-order valence-electron chi connectivity index (χ1n) is 7.50. The minimum atomic E-state index is -0.130. The topological polar surface area (TPSA) is 30.2 Å². The molecule has 0 fully saturated rings. The Balaban J connectivity index is 1.73. The fourth-order valence-corrected chi connectivity index (χ4v) is 2.73. The Kier molecular flexibility index (Phi) is 3.28. The van der Waals surface area contributed by atoms with E-state index in [0.29, 0.717) is 5.76 Å². The zero-order valence-corrected chi connectivity index (χ0v) is 12.4. The molecular weight excluding hydrogens is 284 g/mol. The lowest BCUT2D eigenvalue weighted by molar-refractivity contribution is 0.102. The molecule has 3 aromatic carbocycles. The van der Waals surface area contributed by atoms with E-state index >= 15 is 0 Å². The van der Waals surface area contributed by atoms with E-state index in [4.69, 9.17) is 4.42 Å². The molecule has 4 aromatic rings. The van der Waals surface area contributed by atoms with Crippen LogP contribution in [-0.4, -0.2) is 5.78 Å². The number of carbonyl (C=O) groups is 1. The second-order valence-corrected chi connectivity index (χ2v) is 5.42. The Hall–Kier alpha value is -3.13. The molecule has 0 spiro atoms. The second kappa shape index (κ2) is 5.58. The van der Waals surface area contributed by atoms with Crippen molar-refractivity contribution in [1.29, 1.82) is 0 Å². The highest BCUT2D eigenvalue weighted by atomic mass is 16.3. The first-order chi connectivity index (χ1) is 11.3. The van der Waals surface area contributed by atoms with Gasteiger partial charge in [0.1, 0.15) is 5.58 Å². The van der Waals surface area contributed by atoms with Crippen molar-refractivity contribution >= 4 is 33.6 Å². The van der Waals surface area contributed by atoms with E-state index < -0.39 is 0 Å². The summed E-state index contributed by atoms with van der Waals surface area (Å²) in [6.07, 6.45) is 3.35. The van der Waals surface area contributed by atoms with E-state index in [1.807, 2.05) is 66.7 Å². The van der Waals surface area contributed by atoms with E-state index in [2.05, 4.69) is 6.07 Å². The van der Waals surface area contributed by atoms with Crippen LogP contribution >= 0.6 is 0 Å². The standard InChI is InChI=1S/C21H14O2/c22-19(12-10-15-6-2-1-3-7-15)21-14-18-17-9-5-4-8-16(17)11-13-20(18)23-21/h1-14H/b12-10+. The smallest absolute Gasteiger partial charge is 0.221 e. The molecule has 0 aliphatic heterocycles. The summed E-state index contributed by atoms with van der Waals surface area (Å²) in [4.78, 5) is 12.3. The molecular formula is C21H14O2. The summed E-state index contributed by atoms with van der Waals surface area (Å²) >= 11 is 0. The lowest BCUT2D eigenvalue weighted by atomic mass is 10.1. The highest BCUT2D eigenvalue weighted by Gasteiger charge is 2.11. The summed E-state index contributed by atoms with van der Waals surface area (Å²) in [6, 6.07) is 23.6. The molecule has 2 heteroatoms. The van der Waals surface area contributed by atoms with Crippen molar-refractivity contribution in [3.8, 4) is 0 Å². The van der Waals surface area contributed by atoms with Gasteiger partial charge in [-0.1, -0.05) is 66.7 Å². The van der Waals surface area contributed by atoms with Gasteiger partial charge in [0.05, 0.1) is 0 Å². The minimum Gasteiger partial charge on any atom is -0.453 e. The number of allylic oxidation sites excluding steroid dienone is 1. The maximum absolute atomic E-state index is 12.3. The lowest BCUT2D eigenvalue weighted by Gasteiger charge is -1.96. The summed E-state index contributed by atoms with van der Waals surface area (Å²) in [5.74, 6) is 0.234. The monoisotopic (exact) mass is 298 g/mol. The molecule has 0 N–H and O–H groups in total. The highest BCUT2D eigenvalue weighted by molar-refractivity contribution is 6.11. The van der Waals surface area contributed by atoms with Crippen molar-refractivity contribution < 1.29 is 9.21 Å². The number of benzene rings is 3. The summed E-state index contributed by atoms with van der Waals surface area (Å²) in [7, 11) is 0. The largest absolute Gasteiger partial charge is 0.453 e. The average Bonchev–Trinajstić information content (AvgIpc) is 3.05. The van der Waals surface area contributed by atoms with Crippen molar-refractivity contribution in [2.24, 2.45) is 0 Å². The number of carbonyl (C=O) groups excluding carboxylic acids is 1. The van der Waals surface area contributed by atoms with Crippen LogP contribution in [-0.2, 0) is 0 Å². The van der Waals surface area contributed by atoms with Crippen LogP contribution in [0, 0.1) is 0 Å². The molecule has 2 nitrogen and oxygen atoms in total. The molecule has 0 saturated heterocycles. The van der Waals surface area contributed by atoms with Crippen LogP contribution in [0.5, 0.6) is 0 Å². The number of furan rings is 1. The van der Waals surface area contributed by atoms with Crippen LogP contribution in [0.3, 0.4) is 0 Å². The molecule has 110 valence electrons. The van der Waals surface area contributed by atoms with Gasteiger partial charge in [-0.25, -0.2) is 0 Å². The fraction of sp³-hybridized carbons (Fsp3) is 0. The zero-order chi connectivity index (χ0) is 15.6. The third-order valence-electron chi connectivity index (χ3n) is 3.90. The molecule has 23 heavy (non-hydrogen) atoms. The Morgan fingerprint density at radius 3 is 2.48 bits per heavy atom. The second-order valence-electron chi connectivity index (χ2n) is 5.42. The average molecular weight is 298 g/mol. The lowest BCUT2D eigenvalue weighted by Crippen LogP contribution is -1.90. The van der Waals surface area contributed by atoms with Crippen molar-refractivity contribution in [3.05, 3.63) is 90.2 Å². The molecule has 0 bridgehead atoms. The van der Waals surface area contributed by atoms with Gasteiger partial charge in [0.25, 0.3) is 0 Å². The number of hydrogen-bond donors (Lipinski definition) is 0. The maximum atomic E-state index is 12.3. The summed E-state index contributed by atoms with van der Waals surface area (Å²) < 4.78 is 5.73. The SMILES string of the molecule is O=C(/C=C/c1ccccc1)c1cc2c(ccc3ccccc32)o1. The van der Waals surface area contributed by atoms with E-state index in [-0.39, 0.29) is 5.78 Å². The first kappa shape index (κ1) is 13.5. The molecule has 0 amide bonds. The molecule has 0 aliphatic rings. The normalized spacial score (nSPS) is 11.5. The quantitative estimate of drug-likeness (QED) is 0.370. The molecule has 4 rings (SSSR count). The van der Waals surface area contributed by atoms with Crippen LogP contribution < -0.4 is 0 Å². The number of ketones is 1. The van der Waals surface area contributed by atoms with Crippen LogP contribution in [0.4, 0.5) is 0 Å². The van der Waals surface area contributed by atoms with E-state index in [1.54, 1.807) is 12.2 Å². The molecule has 0 saturated carbocycles. The molecule has 1 aromatic heterocycles. The van der Waals surface area contributed by atoms with Gasteiger partial charge in [0.2, 0.25) is 5.78 Å². The van der Waals surface area contributed by atoms with Gasteiger partial charge in [-0.2, -0.15) is 0 Å².